The number of hydrogen-bond acceptors (Lipinski definition) is 5. The summed E-state index contributed by atoms with van der Waals surface area (Å²) in [5.74, 6) is -0.376. The predicted molar refractivity (Wildman–Crippen MR) is 95.4 cm³/mol. The summed E-state index contributed by atoms with van der Waals surface area (Å²) in [6.45, 7) is 6.80. The van der Waals surface area contributed by atoms with E-state index < -0.39 is 5.97 Å². The zero-order chi connectivity index (χ0) is 17.8. The molecule has 132 valence electrons. The molecule has 6 heteroatoms. The summed E-state index contributed by atoms with van der Waals surface area (Å²) in [7, 11) is 0. The molecule has 0 bridgehead atoms. The van der Waals surface area contributed by atoms with Gasteiger partial charge in [-0.3, -0.25) is 15.0 Å². The minimum Gasteiger partial charge on any atom is -0.478 e. The van der Waals surface area contributed by atoms with Gasteiger partial charge in [0.15, 0.2) is 0 Å². The van der Waals surface area contributed by atoms with E-state index in [1.165, 1.54) is 25.6 Å². The minimum absolute atomic E-state index is 0.152. The molecule has 0 aliphatic carbocycles. The van der Waals surface area contributed by atoms with E-state index in [1.807, 2.05) is 0 Å². The molecule has 0 radical (unpaired) electrons. The van der Waals surface area contributed by atoms with Crippen LogP contribution in [0.1, 0.15) is 42.7 Å². The molecule has 0 amide bonds. The molecule has 2 aromatic rings. The molecule has 1 saturated heterocycles. The highest BCUT2D eigenvalue weighted by atomic mass is 16.4. The SMILES string of the molecule is CC(C)N1CCC[C@H](Cc2cnc(-c3cncc(C(=O)O)c3)cn2)C1. The Bertz CT molecular complexity index is 730. The van der Waals surface area contributed by atoms with Crippen molar-refractivity contribution in [3.05, 3.63) is 42.1 Å². The van der Waals surface area contributed by atoms with E-state index in [-0.39, 0.29) is 5.56 Å². The first-order valence-electron chi connectivity index (χ1n) is 8.76. The smallest absolute Gasteiger partial charge is 0.337 e. The average molecular weight is 340 g/mol. The average Bonchev–Trinajstić information content (AvgIpc) is 2.62. The Morgan fingerprint density at radius 2 is 2.12 bits per heavy atom. The minimum atomic E-state index is -0.995. The molecule has 3 heterocycles. The summed E-state index contributed by atoms with van der Waals surface area (Å²) in [5, 5.41) is 9.06. The second-order valence-electron chi connectivity index (χ2n) is 6.96. The molecular weight excluding hydrogens is 316 g/mol. The van der Waals surface area contributed by atoms with Crippen molar-refractivity contribution in [1.29, 1.82) is 0 Å². The summed E-state index contributed by atoms with van der Waals surface area (Å²) < 4.78 is 0. The lowest BCUT2D eigenvalue weighted by atomic mass is 9.93. The van der Waals surface area contributed by atoms with Gasteiger partial charge in [-0.2, -0.15) is 0 Å². The summed E-state index contributed by atoms with van der Waals surface area (Å²) in [4.78, 5) is 26.5. The van der Waals surface area contributed by atoms with Crippen molar-refractivity contribution in [2.75, 3.05) is 13.1 Å². The number of pyridine rings is 1. The summed E-state index contributed by atoms with van der Waals surface area (Å²) in [6.07, 6.45) is 9.86. The highest BCUT2D eigenvalue weighted by Crippen LogP contribution is 2.22. The van der Waals surface area contributed by atoms with Gasteiger partial charge in [-0.25, -0.2) is 4.79 Å². The Morgan fingerprint density at radius 1 is 1.28 bits per heavy atom. The Morgan fingerprint density at radius 3 is 2.80 bits per heavy atom. The third-order valence-electron chi connectivity index (χ3n) is 4.76. The molecule has 1 atom stereocenters. The molecule has 0 unspecified atom stereocenters. The highest BCUT2D eigenvalue weighted by Gasteiger charge is 2.22. The fourth-order valence-corrected chi connectivity index (χ4v) is 3.33. The number of piperidine rings is 1. The van der Waals surface area contributed by atoms with Crippen molar-refractivity contribution in [2.24, 2.45) is 5.92 Å². The Labute approximate surface area is 148 Å². The van der Waals surface area contributed by atoms with E-state index in [1.54, 1.807) is 24.7 Å². The van der Waals surface area contributed by atoms with Crippen molar-refractivity contribution in [2.45, 2.75) is 39.2 Å². The number of carboxylic acids is 1. The first-order valence-corrected chi connectivity index (χ1v) is 8.76. The van der Waals surface area contributed by atoms with Crippen LogP contribution in [0.4, 0.5) is 0 Å². The van der Waals surface area contributed by atoms with Gasteiger partial charge in [-0.05, 0) is 51.6 Å². The van der Waals surface area contributed by atoms with Gasteiger partial charge in [-0.1, -0.05) is 0 Å². The molecule has 2 aromatic heterocycles. The van der Waals surface area contributed by atoms with E-state index in [0.29, 0.717) is 23.2 Å². The van der Waals surface area contributed by atoms with Gasteiger partial charge >= 0.3 is 5.97 Å². The lowest BCUT2D eigenvalue weighted by molar-refractivity contribution is 0.0696. The molecule has 1 fully saturated rings. The number of aromatic carboxylic acids is 1. The van der Waals surface area contributed by atoms with Crippen LogP contribution < -0.4 is 0 Å². The van der Waals surface area contributed by atoms with E-state index in [0.717, 1.165) is 18.7 Å². The number of rotatable bonds is 5. The quantitative estimate of drug-likeness (QED) is 0.901. The van der Waals surface area contributed by atoms with Gasteiger partial charge in [0.05, 0.1) is 23.1 Å². The van der Waals surface area contributed by atoms with E-state index >= 15 is 0 Å². The molecule has 25 heavy (non-hydrogen) atoms. The van der Waals surface area contributed by atoms with Gasteiger partial charge in [0.2, 0.25) is 0 Å². The first kappa shape index (κ1) is 17.5. The van der Waals surface area contributed by atoms with Gasteiger partial charge in [-0.15, -0.1) is 0 Å². The normalized spacial score (nSPS) is 18.4. The fraction of sp³-hybridized carbons (Fsp3) is 0.474. The lowest BCUT2D eigenvalue weighted by Crippen LogP contribution is -2.40. The summed E-state index contributed by atoms with van der Waals surface area (Å²) >= 11 is 0. The molecule has 1 N–H and O–H groups in total. The predicted octanol–water partition coefficient (Wildman–Crippen LogP) is 2.90. The molecule has 6 nitrogen and oxygen atoms in total. The van der Waals surface area contributed by atoms with Crippen LogP contribution in [-0.4, -0.2) is 50.1 Å². The van der Waals surface area contributed by atoms with Crippen LogP contribution in [0.2, 0.25) is 0 Å². The summed E-state index contributed by atoms with van der Waals surface area (Å²) in [6, 6.07) is 2.16. The fourth-order valence-electron chi connectivity index (χ4n) is 3.33. The number of carboxylic acid groups (broad SMARTS) is 1. The first-order chi connectivity index (χ1) is 12.0. The lowest BCUT2D eigenvalue weighted by Gasteiger charge is -2.35. The van der Waals surface area contributed by atoms with Gasteiger partial charge in [0.1, 0.15) is 0 Å². The van der Waals surface area contributed by atoms with Crippen LogP contribution in [0.25, 0.3) is 11.3 Å². The van der Waals surface area contributed by atoms with E-state index in [9.17, 15) is 4.79 Å². The maximum absolute atomic E-state index is 11.1. The molecule has 0 saturated carbocycles. The monoisotopic (exact) mass is 340 g/mol. The third kappa shape index (κ3) is 4.39. The van der Waals surface area contributed by atoms with Crippen LogP contribution >= 0.6 is 0 Å². The Balaban J connectivity index is 1.68. The maximum atomic E-state index is 11.1. The highest BCUT2D eigenvalue weighted by molar-refractivity contribution is 5.88. The zero-order valence-corrected chi connectivity index (χ0v) is 14.7. The van der Waals surface area contributed by atoms with Gasteiger partial charge < -0.3 is 10.0 Å². The van der Waals surface area contributed by atoms with Crippen molar-refractivity contribution >= 4 is 5.97 Å². The molecular formula is C19H24N4O2. The largest absolute Gasteiger partial charge is 0.478 e. The number of nitrogens with zero attached hydrogens (tertiary/aromatic N) is 4. The van der Waals surface area contributed by atoms with Crippen molar-refractivity contribution in [3.63, 3.8) is 0 Å². The van der Waals surface area contributed by atoms with Crippen molar-refractivity contribution in [3.8, 4) is 11.3 Å². The second kappa shape index (κ2) is 7.70. The van der Waals surface area contributed by atoms with Crippen LogP contribution in [-0.2, 0) is 6.42 Å². The zero-order valence-electron chi connectivity index (χ0n) is 14.7. The van der Waals surface area contributed by atoms with Crippen LogP contribution in [0.5, 0.6) is 0 Å². The van der Waals surface area contributed by atoms with Crippen LogP contribution in [0.15, 0.2) is 30.9 Å². The number of carbonyl (C=O) groups is 1. The van der Waals surface area contributed by atoms with Crippen molar-refractivity contribution in [1.82, 2.24) is 19.9 Å². The standard InChI is InChI=1S/C19H24N4O2/c1-13(2)23-5-3-4-14(12-23)6-17-10-22-18(11-21-17)15-7-16(19(24)25)9-20-8-15/h7-11,13-14H,3-6,12H2,1-2H3,(H,24,25)/t14-/m1/s1. The van der Waals surface area contributed by atoms with E-state index in [2.05, 4.69) is 33.7 Å². The molecule has 1 aliphatic heterocycles. The van der Waals surface area contributed by atoms with E-state index in [4.69, 9.17) is 5.11 Å². The Kier molecular flexibility index (Phi) is 5.38. The molecule has 3 rings (SSSR count). The number of aromatic nitrogens is 3. The van der Waals surface area contributed by atoms with Crippen molar-refractivity contribution < 1.29 is 9.90 Å². The third-order valence-corrected chi connectivity index (χ3v) is 4.76. The molecule has 0 aromatic carbocycles. The summed E-state index contributed by atoms with van der Waals surface area (Å²) in [5.41, 5.74) is 2.45. The second-order valence-corrected chi connectivity index (χ2v) is 6.96. The van der Waals surface area contributed by atoms with Crippen LogP contribution in [0.3, 0.4) is 0 Å². The molecule has 0 spiro atoms. The molecule has 1 aliphatic rings. The topological polar surface area (TPSA) is 79.2 Å². The Hall–Kier alpha value is -2.34. The van der Waals surface area contributed by atoms with Gasteiger partial charge in [0.25, 0.3) is 0 Å². The van der Waals surface area contributed by atoms with Gasteiger partial charge in [0, 0.05) is 36.7 Å². The number of hydrogen-bond donors (Lipinski definition) is 1. The van der Waals surface area contributed by atoms with Crippen LogP contribution in [0, 0.1) is 5.92 Å². The maximum Gasteiger partial charge on any atom is 0.337 e. The number of likely N-dealkylation sites (tertiary alicyclic amines) is 1.